The van der Waals surface area contributed by atoms with Crippen LogP contribution in [0.5, 0.6) is 5.75 Å². The van der Waals surface area contributed by atoms with Crippen molar-refractivity contribution >= 4 is 11.6 Å². The van der Waals surface area contributed by atoms with Gasteiger partial charge in [0.25, 0.3) is 0 Å². The maximum atomic E-state index is 6.23. The van der Waals surface area contributed by atoms with Gasteiger partial charge in [-0.1, -0.05) is 35.9 Å². The molecule has 1 aliphatic heterocycles. The summed E-state index contributed by atoms with van der Waals surface area (Å²) < 4.78 is 6.23. The predicted octanol–water partition coefficient (Wildman–Crippen LogP) is 4.74. The number of para-hydroxylation sites is 1. The van der Waals surface area contributed by atoms with Crippen LogP contribution in [0.2, 0.25) is 5.02 Å². The molecule has 5 nitrogen and oxygen atoms in total. The minimum Gasteiger partial charge on any atom is -0.488 e. The largest absolute Gasteiger partial charge is 0.488 e. The smallest absolute Gasteiger partial charge is 0.129 e. The molecule has 6 heteroatoms. The minimum absolute atomic E-state index is 0.477. The third-order valence-electron chi connectivity index (χ3n) is 5.75. The third-order valence-corrected chi connectivity index (χ3v) is 6.01. The number of aryl methyl sites for hydroxylation is 2. The van der Waals surface area contributed by atoms with Gasteiger partial charge in [-0.2, -0.15) is 0 Å². The lowest BCUT2D eigenvalue weighted by atomic mass is 10.0. The van der Waals surface area contributed by atoms with Gasteiger partial charge in [0, 0.05) is 54.6 Å². The molecule has 1 saturated heterocycles. The highest BCUT2D eigenvalue weighted by atomic mass is 35.5. The first kappa shape index (κ1) is 21.8. The van der Waals surface area contributed by atoms with Crippen molar-refractivity contribution in [3.05, 3.63) is 76.2 Å². The molecule has 0 spiro atoms. The Labute approximate surface area is 189 Å². The van der Waals surface area contributed by atoms with E-state index in [1.54, 1.807) is 0 Å². The summed E-state index contributed by atoms with van der Waals surface area (Å²) in [5.41, 5.74) is 5.27. The lowest BCUT2D eigenvalue weighted by molar-refractivity contribution is 0.148. The van der Waals surface area contributed by atoms with Gasteiger partial charge in [-0.25, -0.2) is 9.97 Å². The first-order valence-electron chi connectivity index (χ1n) is 10.7. The molecule has 0 bridgehead atoms. The van der Waals surface area contributed by atoms with Gasteiger partial charge in [-0.15, -0.1) is 0 Å². The number of hydrogen-bond acceptors (Lipinski definition) is 5. The summed E-state index contributed by atoms with van der Waals surface area (Å²) in [6.45, 7) is 9.64. The zero-order valence-electron chi connectivity index (χ0n) is 18.4. The number of aromatic nitrogens is 2. The summed E-state index contributed by atoms with van der Waals surface area (Å²) in [5, 5.41) is 0.727. The van der Waals surface area contributed by atoms with Crippen LogP contribution in [0.1, 0.15) is 22.6 Å². The predicted molar refractivity (Wildman–Crippen MR) is 126 cm³/mol. The summed E-state index contributed by atoms with van der Waals surface area (Å²) in [6.07, 6.45) is 0. The number of benzene rings is 2. The maximum Gasteiger partial charge on any atom is 0.129 e. The normalized spacial score (nSPS) is 15.2. The second kappa shape index (κ2) is 9.77. The quantitative estimate of drug-likeness (QED) is 0.558. The molecule has 4 rings (SSSR count). The maximum absolute atomic E-state index is 6.23. The van der Waals surface area contributed by atoms with Crippen LogP contribution in [-0.2, 0) is 13.2 Å². The number of rotatable bonds is 6. The van der Waals surface area contributed by atoms with Crippen molar-refractivity contribution in [2.24, 2.45) is 0 Å². The van der Waals surface area contributed by atoms with Gasteiger partial charge < -0.3 is 9.64 Å². The average Bonchev–Trinajstić information content (AvgIpc) is 2.77. The molecule has 1 aromatic heterocycles. The van der Waals surface area contributed by atoms with Crippen molar-refractivity contribution < 1.29 is 4.74 Å². The lowest BCUT2D eigenvalue weighted by Gasteiger charge is -2.33. The summed E-state index contributed by atoms with van der Waals surface area (Å²) in [7, 11) is 2.18. The Hall–Kier alpha value is -2.47. The molecule has 2 aromatic carbocycles. The molecule has 0 unspecified atom stereocenters. The summed E-state index contributed by atoms with van der Waals surface area (Å²) in [5.74, 6) is 1.61. The van der Waals surface area contributed by atoms with E-state index in [-0.39, 0.29) is 0 Å². The molecular weight excluding hydrogens is 408 g/mol. The number of likely N-dealkylation sites (N-methyl/N-ethyl adjacent to an activating group) is 1. The Bertz CT molecular complexity index is 1030. The molecule has 2 heterocycles. The molecule has 0 amide bonds. The number of hydrogen-bond donors (Lipinski definition) is 0. The average molecular weight is 437 g/mol. The van der Waals surface area contributed by atoms with Crippen molar-refractivity contribution in [2.75, 3.05) is 33.2 Å². The van der Waals surface area contributed by atoms with Crippen LogP contribution < -0.4 is 4.74 Å². The summed E-state index contributed by atoms with van der Waals surface area (Å²) in [6, 6.07) is 15.9. The van der Waals surface area contributed by atoms with Crippen LogP contribution in [0.4, 0.5) is 0 Å². The Balaban J connectivity index is 1.63. The van der Waals surface area contributed by atoms with Crippen molar-refractivity contribution in [1.29, 1.82) is 0 Å². The van der Waals surface area contributed by atoms with Gasteiger partial charge >= 0.3 is 0 Å². The SMILES string of the molecule is Cc1nc(C)c(CN2CCN(C)CC2)c(-c2ccccc2OCc2ccc(Cl)cc2)n1. The van der Waals surface area contributed by atoms with Crippen molar-refractivity contribution in [3.8, 4) is 17.0 Å². The summed E-state index contributed by atoms with van der Waals surface area (Å²) >= 11 is 6.01. The second-order valence-corrected chi connectivity index (χ2v) is 8.61. The van der Waals surface area contributed by atoms with Gasteiger partial charge in [0.15, 0.2) is 0 Å². The van der Waals surface area contributed by atoms with Gasteiger partial charge in [0.05, 0.1) is 5.69 Å². The monoisotopic (exact) mass is 436 g/mol. The highest BCUT2D eigenvalue weighted by molar-refractivity contribution is 6.30. The van der Waals surface area contributed by atoms with Crippen LogP contribution >= 0.6 is 11.6 Å². The lowest BCUT2D eigenvalue weighted by Crippen LogP contribution is -2.44. The Kier molecular flexibility index (Phi) is 6.86. The number of nitrogens with zero attached hydrogens (tertiary/aromatic N) is 4. The van der Waals surface area contributed by atoms with E-state index in [9.17, 15) is 0 Å². The zero-order valence-corrected chi connectivity index (χ0v) is 19.2. The standard InChI is InChI=1S/C25H29ClN4O/c1-18-23(16-30-14-12-29(3)13-15-30)25(28-19(2)27-18)22-6-4-5-7-24(22)31-17-20-8-10-21(26)11-9-20/h4-11H,12-17H2,1-3H3. The van der Waals surface area contributed by atoms with Gasteiger partial charge in [-0.05, 0) is 50.7 Å². The molecule has 0 radical (unpaired) electrons. The molecule has 0 saturated carbocycles. The van der Waals surface area contributed by atoms with Gasteiger partial charge in [0.1, 0.15) is 18.2 Å². The fourth-order valence-corrected chi connectivity index (χ4v) is 4.03. The topological polar surface area (TPSA) is 41.5 Å². The fourth-order valence-electron chi connectivity index (χ4n) is 3.91. The molecule has 1 aliphatic rings. The van der Waals surface area contributed by atoms with E-state index in [2.05, 4.69) is 34.8 Å². The van der Waals surface area contributed by atoms with E-state index in [0.717, 1.165) is 71.8 Å². The Morgan fingerprint density at radius 2 is 1.65 bits per heavy atom. The number of piperazine rings is 1. The van der Waals surface area contributed by atoms with Gasteiger partial charge in [-0.3, -0.25) is 4.90 Å². The van der Waals surface area contributed by atoms with Crippen LogP contribution in [0.3, 0.4) is 0 Å². The van der Waals surface area contributed by atoms with Crippen molar-refractivity contribution in [3.63, 3.8) is 0 Å². The van der Waals surface area contributed by atoms with E-state index >= 15 is 0 Å². The molecule has 0 N–H and O–H groups in total. The molecule has 31 heavy (non-hydrogen) atoms. The molecule has 3 aromatic rings. The number of halogens is 1. The molecule has 0 aliphatic carbocycles. The molecule has 162 valence electrons. The van der Waals surface area contributed by atoms with Crippen LogP contribution in [0, 0.1) is 13.8 Å². The Morgan fingerprint density at radius 3 is 2.39 bits per heavy atom. The first-order valence-corrected chi connectivity index (χ1v) is 11.1. The van der Waals surface area contributed by atoms with E-state index < -0.39 is 0 Å². The first-order chi connectivity index (χ1) is 15.0. The van der Waals surface area contributed by atoms with Crippen LogP contribution in [0.25, 0.3) is 11.3 Å². The molecule has 1 fully saturated rings. The van der Waals surface area contributed by atoms with E-state index in [1.165, 1.54) is 5.56 Å². The second-order valence-electron chi connectivity index (χ2n) is 8.17. The minimum atomic E-state index is 0.477. The third kappa shape index (κ3) is 5.42. The summed E-state index contributed by atoms with van der Waals surface area (Å²) in [4.78, 5) is 14.4. The van der Waals surface area contributed by atoms with E-state index in [4.69, 9.17) is 21.3 Å². The Morgan fingerprint density at radius 1 is 0.935 bits per heavy atom. The van der Waals surface area contributed by atoms with Crippen molar-refractivity contribution in [1.82, 2.24) is 19.8 Å². The number of ether oxygens (including phenoxy) is 1. The van der Waals surface area contributed by atoms with E-state index in [0.29, 0.717) is 6.61 Å². The molecule has 0 atom stereocenters. The highest BCUT2D eigenvalue weighted by Crippen LogP contribution is 2.33. The van der Waals surface area contributed by atoms with Crippen LogP contribution in [0.15, 0.2) is 48.5 Å². The molecular formula is C25H29ClN4O. The van der Waals surface area contributed by atoms with Crippen molar-refractivity contribution in [2.45, 2.75) is 27.0 Å². The fraction of sp³-hybridized carbons (Fsp3) is 0.360. The zero-order chi connectivity index (χ0) is 21.8. The van der Waals surface area contributed by atoms with Gasteiger partial charge in [0.2, 0.25) is 0 Å². The highest BCUT2D eigenvalue weighted by Gasteiger charge is 2.20. The van der Waals surface area contributed by atoms with E-state index in [1.807, 2.05) is 49.4 Å². The van der Waals surface area contributed by atoms with Crippen LogP contribution in [-0.4, -0.2) is 53.0 Å².